The van der Waals surface area contributed by atoms with Crippen molar-refractivity contribution < 1.29 is 0 Å². The number of hydrogen-bond donors (Lipinski definition) is 2. The summed E-state index contributed by atoms with van der Waals surface area (Å²) in [6.45, 7) is 0.501. The van der Waals surface area contributed by atoms with Crippen molar-refractivity contribution >= 4 is 47.4 Å². The minimum atomic E-state index is 0. The van der Waals surface area contributed by atoms with Crippen LogP contribution in [0.2, 0.25) is 0 Å². The van der Waals surface area contributed by atoms with Crippen LogP contribution in [0, 0.1) is 0 Å². The minimum Gasteiger partial charge on any atom is -0.340 e. The number of anilines is 2. The fourth-order valence-electron chi connectivity index (χ4n) is 2.64. The number of aromatic nitrogens is 3. The average Bonchev–Trinajstić information content (AvgIpc) is 3.07. The summed E-state index contributed by atoms with van der Waals surface area (Å²) in [6.07, 6.45) is 3.63. The number of halogens is 2. The van der Waals surface area contributed by atoms with Crippen molar-refractivity contribution in [1.82, 2.24) is 14.5 Å². The van der Waals surface area contributed by atoms with E-state index in [9.17, 15) is 0 Å². The predicted octanol–water partition coefficient (Wildman–Crippen LogP) is 4.47. The fourth-order valence-corrected chi connectivity index (χ4v) is 2.64. The first-order valence-electron chi connectivity index (χ1n) is 7.78. The molecule has 0 amide bonds. The topological polar surface area (TPSA) is 68.8 Å². The Labute approximate surface area is 164 Å². The van der Waals surface area contributed by atoms with Crippen LogP contribution in [0.3, 0.4) is 0 Å². The lowest BCUT2D eigenvalue weighted by Crippen LogP contribution is -1.99. The van der Waals surface area contributed by atoms with Crippen molar-refractivity contribution in [2.24, 2.45) is 5.73 Å². The van der Waals surface area contributed by atoms with Gasteiger partial charge in [-0.25, -0.2) is 9.97 Å². The van der Waals surface area contributed by atoms with Gasteiger partial charge in [0.25, 0.3) is 0 Å². The molecule has 4 rings (SSSR count). The number of nitrogens with zero attached hydrogens (tertiary/aromatic N) is 3. The molecular formula is C19H19Cl2N5. The highest BCUT2D eigenvalue weighted by Crippen LogP contribution is 2.21. The molecule has 0 unspecified atom stereocenters. The first-order valence-corrected chi connectivity index (χ1v) is 7.78. The minimum absolute atomic E-state index is 0. The molecular weight excluding hydrogens is 369 g/mol. The van der Waals surface area contributed by atoms with Crippen molar-refractivity contribution in [2.45, 2.75) is 6.54 Å². The van der Waals surface area contributed by atoms with Gasteiger partial charge in [0.1, 0.15) is 12.1 Å². The highest BCUT2D eigenvalue weighted by atomic mass is 35.5. The Morgan fingerprint density at radius 3 is 2.35 bits per heavy atom. The molecule has 0 spiro atoms. The molecule has 0 aliphatic rings. The predicted molar refractivity (Wildman–Crippen MR) is 111 cm³/mol. The third kappa shape index (κ3) is 3.96. The van der Waals surface area contributed by atoms with Gasteiger partial charge in [-0.2, -0.15) is 0 Å². The number of rotatable bonds is 4. The summed E-state index contributed by atoms with van der Waals surface area (Å²) in [5.41, 5.74) is 10.7. The molecule has 0 aliphatic heterocycles. The van der Waals surface area contributed by atoms with Gasteiger partial charge in [0.2, 0.25) is 0 Å². The Morgan fingerprint density at radius 2 is 1.65 bits per heavy atom. The Bertz CT molecular complexity index is 965. The van der Waals surface area contributed by atoms with Gasteiger partial charge in [0.15, 0.2) is 0 Å². The SMILES string of the molecule is Cl.Cl.NCc1ccc(Nc2ccc(-n3cnc4ccccc43)cc2)nc1. The molecule has 3 N–H and O–H groups in total. The molecule has 0 bridgehead atoms. The molecule has 0 radical (unpaired) electrons. The molecule has 7 heteroatoms. The van der Waals surface area contributed by atoms with Gasteiger partial charge in [0.05, 0.1) is 11.0 Å². The van der Waals surface area contributed by atoms with Crippen LogP contribution in [0.4, 0.5) is 11.5 Å². The van der Waals surface area contributed by atoms with Gasteiger partial charge in [-0.1, -0.05) is 18.2 Å². The fraction of sp³-hybridized carbons (Fsp3) is 0.0526. The van der Waals surface area contributed by atoms with Crippen molar-refractivity contribution in [3.63, 3.8) is 0 Å². The van der Waals surface area contributed by atoms with Crippen molar-refractivity contribution in [3.05, 3.63) is 78.8 Å². The van der Waals surface area contributed by atoms with E-state index in [1.807, 2.05) is 48.8 Å². The molecule has 0 saturated carbocycles. The maximum Gasteiger partial charge on any atom is 0.130 e. The lowest BCUT2D eigenvalue weighted by molar-refractivity contribution is 1.05. The number of benzene rings is 2. The highest BCUT2D eigenvalue weighted by molar-refractivity contribution is 5.85. The molecule has 5 nitrogen and oxygen atoms in total. The van der Waals surface area contributed by atoms with Crippen LogP contribution >= 0.6 is 24.8 Å². The summed E-state index contributed by atoms with van der Waals surface area (Å²) in [5.74, 6) is 0.799. The normalized spacial score (nSPS) is 10.0. The second-order valence-corrected chi connectivity index (χ2v) is 5.53. The van der Waals surface area contributed by atoms with Crippen LogP contribution in [-0.2, 0) is 6.54 Å². The molecule has 0 aliphatic carbocycles. The summed E-state index contributed by atoms with van der Waals surface area (Å²) in [5, 5.41) is 3.29. The van der Waals surface area contributed by atoms with Crippen LogP contribution in [0.5, 0.6) is 0 Å². The molecule has 2 heterocycles. The highest BCUT2D eigenvalue weighted by Gasteiger charge is 2.04. The van der Waals surface area contributed by atoms with Gasteiger partial charge in [-0.3, -0.25) is 4.57 Å². The van der Waals surface area contributed by atoms with E-state index in [1.165, 1.54) is 0 Å². The quantitative estimate of drug-likeness (QED) is 0.541. The molecule has 2 aromatic carbocycles. The van der Waals surface area contributed by atoms with E-state index in [0.29, 0.717) is 6.54 Å². The maximum atomic E-state index is 5.59. The monoisotopic (exact) mass is 387 g/mol. The first-order chi connectivity index (χ1) is 11.8. The van der Waals surface area contributed by atoms with Crippen LogP contribution < -0.4 is 11.1 Å². The van der Waals surface area contributed by atoms with Crippen LogP contribution in [0.15, 0.2) is 73.2 Å². The number of para-hydroxylation sites is 2. The number of nitrogens with two attached hydrogens (primary N) is 1. The van der Waals surface area contributed by atoms with Crippen molar-refractivity contribution in [1.29, 1.82) is 0 Å². The van der Waals surface area contributed by atoms with Crippen LogP contribution in [-0.4, -0.2) is 14.5 Å². The van der Waals surface area contributed by atoms with E-state index in [4.69, 9.17) is 5.73 Å². The Kier molecular flexibility index (Phi) is 6.58. The molecule has 0 atom stereocenters. The van der Waals surface area contributed by atoms with Gasteiger partial charge in [0, 0.05) is 24.1 Å². The number of hydrogen-bond acceptors (Lipinski definition) is 4. The number of imidazole rings is 1. The van der Waals surface area contributed by atoms with Crippen molar-refractivity contribution in [3.8, 4) is 5.69 Å². The summed E-state index contributed by atoms with van der Waals surface area (Å²) < 4.78 is 2.08. The molecule has 0 saturated heterocycles. The van der Waals surface area contributed by atoms with E-state index < -0.39 is 0 Å². The summed E-state index contributed by atoms with van der Waals surface area (Å²) >= 11 is 0. The zero-order chi connectivity index (χ0) is 16.4. The van der Waals surface area contributed by atoms with Gasteiger partial charge < -0.3 is 11.1 Å². The summed E-state index contributed by atoms with van der Waals surface area (Å²) in [6, 6.07) is 20.2. The second kappa shape index (κ2) is 8.67. The van der Waals surface area contributed by atoms with E-state index in [-0.39, 0.29) is 24.8 Å². The molecule has 0 fully saturated rings. The van der Waals surface area contributed by atoms with Crippen LogP contribution in [0.1, 0.15) is 5.56 Å². The van der Waals surface area contributed by atoms with Gasteiger partial charge in [-0.15, -0.1) is 24.8 Å². The Morgan fingerprint density at radius 1 is 0.885 bits per heavy atom. The lowest BCUT2D eigenvalue weighted by Gasteiger charge is -2.08. The van der Waals surface area contributed by atoms with E-state index >= 15 is 0 Å². The molecule has 26 heavy (non-hydrogen) atoms. The third-order valence-electron chi connectivity index (χ3n) is 3.93. The smallest absolute Gasteiger partial charge is 0.130 e. The maximum absolute atomic E-state index is 5.59. The second-order valence-electron chi connectivity index (χ2n) is 5.53. The summed E-state index contributed by atoms with van der Waals surface area (Å²) in [7, 11) is 0. The van der Waals surface area contributed by atoms with E-state index in [0.717, 1.165) is 33.8 Å². The molecule has 134 valence electrons. The largest absolute Gasteiger partial charge is 0.340 e. The number of pyridine rings is 1. The number of nitrogens with one attached hydrogen (secondary N) is 1. The van der Waals surface area contributed by atoms with E-state index in [1.54, 1.807) is 6.20 Å². The van der Waals surface area contributed by atoms with Crippen LogP contribution in [0.25, 0.3) is 16.7 Å². The Hall–Kier alpha value is -2.60. The zero-order valence-corrected chi connectivity index (χ0v) is 15.5. The Balaban J connectivity index is 0.00000121. The van der Waals surface area contributed by atoms with Gasteiger partial charge in [-0.05, 0) is 48.0 Å². The first kappa shape index (κ1) is 19.7. The van der Waals surface area contributed by atoms with Gasteiger partial charge >= 0.3 is 0 Å². The number of fused-ring (bicyclic) bond motifs is 1. The third-order valence-corrected chi connectivity index (χ3v) is 3.93. The lowest BCUT2D eigenvalue weighted by atomic mass is 10.2. The molecule has 2 aromatic heterocycles. The van der Waals surface area contributed by atoms with E-state index in [2.05, 4.69) is 38.1 Å². The zero-order valence-electron chi connectivity index (χ0n) is 13.9. The standard InChI is InChI=1S/C19H17N5.2ClH/c20-11-14-5-10-19(21-12-14)23-15-6-8-16(9-7-15)24-13-22-17-3-1-2-4-18(17)24;;/h1-10,12-13H,11,20H2,(H,21,23);2*1H. The van der Waals surface area contributed by atoms with Crippen molar-refractivity contribution in [2.75, 3.05) is 5.32 Å². The average molecular weight is 388 g/mol. The summed E-state index contributed by atoms with van der Waals surface area (Å²) in [4.78, 5) is 8.78. The molecule has 4 aromatic rings.